The third-order valence-corrected chi connectivity index (χ3v) is 2.80. The van der Waals surface area contributed by atoms with Gasteiger partial charge in [0.2, 0.25) is 0 Å². The van der Waals surface area contributed by atoms with Gasteiger partial charge in [-0.25, -0.2) is 8.78 Å². The van der Waals surface area contributed by atoms with Crippen molar-refractivity contribution < 1.29 is 13.9 Å². The molecular formula is C11H14BrF2NO. The molecule has 0 radical (unpaired) electrons. The fraction of sp³-hybridized carbons (Fsp3) is 0.455. The highest BCUT2D eigenvalue weighted by Gasteiger charge is 2.27. The summed E-state index contributed by atoms with van der Waals surface area (Å²) in [6.07, 6.45) is 0. The van der Waals surface area contributed by atoms with Crippen molar-refractivity contribution in [3.63, 3.8) is 0 Å². The van der Waals surface area contributed by atoms with Gasteiger partial charge in [-0.3, -0.25) is 0 Å². The van der Waals surface area contributed by atoms with Gasteiger partial charge < -0.3 is 10.4 Å². The van der Waals surface area contributed by atoms with Gasteiger partial charge in [0.15, 0.2) is 0 Å². The molecule has 0 aliphatic heterocycles. The Morgan fingerprint density at radius 1 is 1.38 bits per heavy atom. The van der Waals surface area contributed by atoms with Gasteiger partial charge in [-0.15, -0.1) is 0 Å². The van der Waals surface area contributed by atoms with Crippen molar-refractivity contribution in [3.05, 3.63) is 34.3 Å². The van der Waals surface area contributed by atoms with E-state index < -0.39 is 19.1 Å². The molecule has 0 bridgehead atoms. The number of halogens is 3. The van der Waals surface area contributed by atoms with Crippen molar-refractivity contribution in [1.29, 1.82) is 0 Å². The smallest absolute Gasteiger partial charge is 0.282 e. The maximum atomic E-state index is 12.8. The molecule has 90 valence electrons. The number of benzene rings is 1. The van der Waals surface area contributed by atoms with Crippen LogP contribution in [0, 0.1) is 0 Å². The molecule has 0 aliphatic carbocycles. The maximum absolute atomic E-state index is 12.8. The van der Waals surface area contributed by atoms with Gasteiger partial charge in [0, 0.05) is 10.5 Å². The van der Waals surface area contributed by atoms with Crippen molar-refractivity contribution in [2.45, 2.75) is 18.9 Å². The molecule has 1 aromatic rings. The Labute approximate surface area is 102 Å². The highest BCUT2D eigenvalue weighted by molar-refractivity contribution is 9.10. The SMILES string of the molecule is CC(NCC(F)(F)CO)c1ccc(Br)cc1. The molecule has 1 atom stereocenters. The molecule has 5 heteroatoms. The Kier molecular flexibility index (Phi) is 4.83. The van der Waals surface area contributed by atoms with Crippen LogP contribution in [0.4, 0.5) is 8.78 Å². The normalized spacial score (nSPS) is 13.8. The zero-order chi connectivity index (χ0) is 12.2. The summed E-state index contributed by atoms with van der Waals surface area (Å²) in [5, 5.41) is 11.1. The van der Waals surface area contributed by atoms with Crippen molar-refractivity contribution in [2.24, 2.45) is 0 Å². The Morgan fingerprint density at radius 3 is 2.44 bits per heavy atom. The summed E-state index contributed by atoms with van der Waals surface area (Å²) in [6.45, 7) is 0.143. The lowest BCUT2D eigenvalue weighted by Crippen LogP contribution is -2.37. The van der Waals surface area contributed by atoms with E-state index in [1.807, 2.05) is 24.3 Å². The predicted molar refractivity (Wildman–Crippen MR) is 62.6 cm³/mol. The summed E-state index contributed by atoms with van der Waals surface area (Å²) in [5.41, 5.74) is 0.928. The molecule has 1 rings (SSSR count). The van der Waals surface area contributed by atoms with E-state index >= 15 is 0 Å². The van der Waals surface area contributed by atoms with Gasteiger partial charge in [0.05, 0.1) is 6.54 Å². The molecule has 0 aromatic heterocycles. The molecule has 1 aromatic carbocycles. The van der Waals surface area contributed by atoms with Gasteiger partial charge >= 0.3 is 0 Å². The monoisotopic (exact) mass is 293 g/mol. The van der Waals surface area contributed by atoms with Crippen molar-refractivity contribution in [2.75, 3.05) is 13.2 Å². The molecule has 2 N–H and O–H groups in total. The fourth-order valence-corrected chi connectivity index (χ4v) is 1.49. The van der Waals surface area contributed by atoms with Crippen LogP contribution >= 0.6 is 15.9 Å². The lowest BCUT2D eigenvalue weighted by Gasteiger charge is -2.19. The van der Waals surface area contributed by atoms with E-state index in [2.05, 4.69) is 21.2 Å². The van der Waals surface area contributed by atoms with E-state index in [9.17, 15) is 8.78 Å². The molecule has 0 spiro atoms. The lowest BCUT2D eigenvalue weighted by atomic mass is 10.1. The molecule has 0 amide bonds. The number of rotatable bonds is 5. The summed E-state index contributed by atoms with van der Waals surface area (Å²) < 4.78 is 26.5. The van der Waals surface area contributed by atoms with Gasteiger partial charge in [-0.05, 0) is 24.6 Å². The minimum absolute atomic E-state index is 0.175. The van der Waals surface area contributed by atoms with Crippen LogP contribution in [-0.4, -0.2) is 24.2 Å². The quantitative estimate of drug-likeness (QED) is 0.875. The summed E-state index contributed by atoms with van der Waals surface area (Å²) in [6, 6.07) is 7.26. The first-order valence-electron chi connectivity index (χ1n) is 4.92. The van der Waals surface area contributed by atoms with Crippen molar-refractivity contribution in [3.8, 4) is 0 Å². The summed E-state index contributed by atoms with van der Waals surface area (Å²) in [4.78, 5) is 0. The highest BCUT2D eigenvalue weighted by Crippen LogP contribution is 2.18. The average molecular weight is 294 g/mol. The first-order chi connectivity index (χ1) is 7.44. The van der Waals surface area contributed by atoms with Crippen LogP contribution in [0.25, 0.3) is 0 Å². The molecule has 0 saturated carbocycles. The second-order valence-electron chi connectivity index (χ2n) is 3.67. The average Bonchev–Trinajstić information content (AvgIpc) is 2.27. The molecule has 0 heterocycles. The summed E-state index contributed by atoms with van der Waals surface area (Å²) in [7, 11) is 0. The molecule has 1 unspecified atom stereocenters. The zero-order valence-corrected chi connectivity index (χ0v) is 10.5. The van der Waals surface area contributed by atoms with E-state index in [1.165, 1.54) is 0 Å². The van der Waals surface area contributed by atoms with Gasteiger partial charge in [-0.1, -0.05) is 28.1 Å². The Morgan fingerprint density at radius 2 is 1.94 bits per heavy atom. The molecular weight excluding hydrogens is 280 g/mol. The number of nitrogens with one attached hydrogen (secondary N) is 1. The first kappa shape index (κ1) is 13.5. The second-order valence-corrected chi connectivity index (χ2v) is 4.58. The summed E-state index contributed by atoms with van der Waals surface area (Å²) >= 11 is 3.30. The number of aliphatic hydroxyl groups is 1. The third kappa shape index (κ3) is 4.15. The zero-order valence-electron chi connectivity index (χ0n) is 8.88. The topological polar surface area (TPSA) is 32.3 Å². The number of alkyl halides is 2. The number of hydrogen-bond acceptors (Lipinski definition) is 2. The van der Waals surface area contributed by atoms with Crippen LogP contribution in [0.15, 0.2) is 28.7 Å². The van der Waals surface area contributed by atoms with Gasteiger partial charge in [-0.2, -0.15) is 0 Å². The van der Waals surface area contributed by atoms with Crippen LogP contribution in [0.3, 0.4) is 0 Å². The lowest BCUT2D eigenvalue weighted by molar-refractivity contribution is -0.0490. The van der Waals surface area contributed by atoms with E-state index in [4.69, 9.17) is 5.11 Å². The van der Waals surface area contributed by atoms with E-state index in [-0.39, 0.29) is 6.04 Å². The van der Waals surface area contributed by atoms with Crippen LogP contribution in [-0.2, 0) is 0 Å². The Balaban J connectivity index is 2.53. The van der Waals surface area contributed by atoms with E-state index in [0.29, 0.717) is 0 Å². The molecule has 0 fully saturated rings. The third-order valence-electron chi connectivity index (χ3n) is 2.27. The number of hydrogen-bond donors (Lipinski definition) is 2. The minimum atomic E-state index is -3.07. The van der Waals surface area contributed by atoms with Crippen LogP contribution in [0.5, 0.6) is 0 Å². The molecule has 0 saturated heterocycles. The van der Waals surface area contributed by atoms with Crippen LogP contribution < -0.4 is 5.32 Å². The van der Waals surface area contributed by atoms with Crippen LogP contribution in [0.1, 0.15) is 18.5 Å². The predicted octanol–water partition coefficient (Wildman–Crippen LogP) is 2.73. The van der Waals surface area contributed by atoms with Gasteiger partial charge in [0.1, 0.15) is 6.61 Å². The van der Waals surface area contributed by atoms with Crippen molar-refractivity contribution in [1.82, 2.24) is 5.32 Å². The molecule has 16 heavy (non-hydrogen) atoms. The van der Waals surface area contributed by atoms with Gasteiger partial charge in [0.25, 0.3) is 5.92 Å². The molecule has 0 aliphatic rings. The maximum Gasteiger partial charge on any atom is 0.282 e. The standard InChI is InChI=1S/C11H14BrF2NO/c1-8(15-6-11(13,14)7-16)9-2-4-10(12)5-3-9/h2-5,8,15-16H,6-7H2,1H3. The Hall–Kier alpha value is -0.520. The van der Waals surface area contributed by atoms with Crippen LogP contribution in [0.2, 0.25) is 0 Å². The largest absolute Gasteiger partial charge is 0.390 e. The Bertz CT molecular complexity index is 329. The fourth-order valence-electron chi connectivity index (χ4n) is 1.23. The number of aliphatic hydroxyl groups excluding tert-OH is 1. The second kappa shape index (κ2) is 5.70. The van der Waals surface area contributed by atoms with E-state index in [0.717, 1.165) is 10.0 Å². The van der Waals surface area contributed by atoms with Crippen molar-refractivity contribution >= 4 is 15.9 Å². The van der Waals surface area contributed by atoms with E-state index in [1.54, 1.807) is 6.92 Å². The highest BCUT2D eigenvalue weighted by atomic mass is 79.9. The molecule has 2 nitrogen and oxygen atoms in total. The summed E-state index contributed by atoms with van der Waals surface area (Å²) in [5.74, 6) is -3.07. The first-order valence-corrected chi connectivity index (χ1v) is 5.71. The minimum Gasteiger partial charge on any atom is -0.390 e.